The topological polar surface area (TPSA) is 57.2 Å². The van der Waals surface area contributed by atoms with Crippen LogP contribution in [0.5, 0.6) is 0 Å². The maximum atomic E-state index is 13.3. The molecule has 3 heterocycles. The summed E-state index contributed by atoms with van der Waals surface area (Å²) >= 11 is 0. The normalized spacial score (nSPS) is 18.4. The third kappa shape index (κ3) is 4.38. The molecule has 24 heavy (non-hydrogen) atoms. The van der Waals surface area contributed by atoms with Crippen LogP contribution >= 0.6 is 0 Å². The van der Waals surface area contributed by atoms with E-state index in [2.05, 4.69) is 25.2 Å². The van der Waals surface area contributed by atoms with Crippen molar-refractivity contribution in [3.05, 3.63) is 42.1 Å². The van der Waals surface area contributed by atoms with Crippen molar-refractivity contribution in [3.8, 4) is 0 Å². The number of likely N-dealkylation sites (tertiary alicyclic amines) is 1. The summed E-state index contributed by atoms with van der Waals surface area (Å²) in [5.74, 6) is 1.25. The molecular formula is C17H23FN6. The largest absolute Gasteiger partial charge is 0.363 e. The fourth-order valence-corrected chi connectivity index (χ4v) is 2.97. The van der Waals surface area contributed by atoms with Crippen molar-refractivity contribution in [1.29, 1.82) is 0 Å². The predicted octanol–water partition coefficient (Wildman–Crippen LogP) is 2.15. The van der Waals surface area contributed by atoms with Crippen molar-refractivity contribution in [2.24, 2.45) is 0 Å². The highest BCUT2D eigenvalue weighted by Gasteiger charge is 2.21. The number of hydrogen-bond acceptors (Lipinski definition) is 6. The van der Waals surface area contributed by atoms with Crippen LogP contribution in [0.25, 0.3) is 0 Å². The van der Waals surface area contributed by atoms with Crippen molar-refractivity contribution in [2.45, 2.75) is 25.4 Å². The van der Waals surface area contributed by atoms with E-state index in [1.165, 1.54) is 6.20 Å². The van der Waals surface area contributed by atoms with Gasteiger partial charge < -0.3 is 10.2 Å². The molecule has 1 unspecified atom stereocenters. The van der Waals surface area contributed by atoms with Crippen molar-refractivity contribution < 1.29 is 4.39 Å². The van der Waals surface area contributed by atoms with Crippen LogP contribution in [0.15, 0.2) is 30.7 Å². The lowest BCUT2D eigenvalue weighted by molar-refractivity contribution is 0.208. The summed E-state index contributed by atoms with van der Waals surface area (Å²) in [4.78, 5) is 17.0. The molecule has 0 bridgehead atoms. The molecule has 0 saturated carbocycles. The van der Waals surface area contributed by atoms with Gasteiger partial charge in [0.1, 0.15) is 11.6 Å². The van der Waals surface area contributed by atoms with E-state index in [0.717, 1.165) is 37.3 Å². The van der Waals surface area contributed by atoms with Crippen LogP contribution in [0, 0.1) is 5.82 Å². The highest BCUT2D eigenvalue weighted by atomic mass is 19.1. The second-order valence-electron chi connectivity index (χ2n) is 6.36. The Morgan fingerprint density at radius 1 is 1.38 bits per heavy atom. The number of hydrogen-bond donors (Lipinski definition) is 1. The zero-order valence-electron chi connectivity index (χ0n) is 14.1. The van der Waals surface area contributed by atoms with Crippen LogP contribution in [0.1, 0.15) is 18.4 Å². The number of rotatable bonds is 5. The highest BCUT2D eigenvalue weighted by molar-refractivity contribution is 5.41. The van der Waals surface area contributed by atoms with Crippen LogP contribution < -0.4 is 10.2 Å². The van der Waals surface area contributed by atoms with Crippen molar-refractivity contribution in [1.82, 2.24) is 19.9 Å². The van der Waals surface area contributed by atoms with E-state index in [1.54, 1.807) is 18.5 Å². The summed E-state index contributed by atoms with van der Waals surface area (Å²) in [7, 11) is 3.92. The van der Waals surface area contributed by atoms with Gasteiger partial charge in [0.15, 0.2) is 0 Å². The molecule has 1 aliphatic heterocycles. The van der Waals surface area contributed by atoms with Gasteiger partial charge >= 0.3 is 0 Å². The Bertz CT molecular complexity index is 678. The lowest BCUT2D eigenvalue weighted by Gasteiger charge is -2.33. The standard InChI is InChI=1S/C17H23FN6/c1-23(2)16-5-6-20-17(22-16)21-15-4-3-7-24(12-15)11-13-8-14(18)10-19-9-13/h5-6,8-10,15H,3-4,7,11-12H2,1-2H3,(H,20,21,22). The summed E-state index contributed by atoms with van der Waals surface area (Å²) in [5, 5.41) is 3.42. The van der Waals surface area contributed by atoms with E-state index in [1.807, 2.05) is 25.1 Å². The Labute approximate surface area is 141 Å². The monoisotopic (exact) mass is 330 g/mol. The molecule has 1 aliphatic rings. The zero-order chi connectivity index (χ0) is 16.9. The molecule has 0 aliphatic carbocycles. The lowest BCUT2D eigenvalue weighted by atomic mass is 10.1. The number of piperidine rings is 1. The maximum Gasteiger partial charge on any atom is 0.224 e. The van der Waals surface area contributed by atoms with E-state index in [4.69, 9.17) is 0 Å². The molecule has 1 N–H and O–H groups in total. The van der Waals surface area contributed by atoms with Crippen LogP contribution in [0.4, 0.5) is 16.2 Å². The minimum absolute atomic E-state index is 0.284. The fourth-order valence-electron chi connectivity index (χ4n) is 2.97. The summed E-state index contributed by atoms with van der Waals surface area (Å²) in [5.41, 5.74) is 0.904. The molecule has 6 nitrogen and oxygen atoms in total. The van der Waals surface area contributed by atoms with Gasteiger partial charge in [0, 0.05) is 45.6 Å². The molecule has 1 saturated heterocycles. The Balaban J connectivity index is 1.60. The number of pyridine rings is 1. The molecule has 1 atom stereocenters. The van der Waals surface area contributed by atoms with Crippen LogP contribution in [0.2, 0.25) is 0 Å². The summed E-state index contributed by atoms with van der Waals surface area (Å²) in [6.07, 6.45) is 6.90. The number of aromatic nitrogens is 3. The van der Waals surface area contributed by atoms with E-state index >= 15 is 0 Å². The molecule has 0 spiro atoms. The van der Waals surface area contributed by atoms with Gasteiger partial charge in [-0.15, -0.1) is 0 Å². The van der Waals surface area contributed by atoms with Crippen LogP contribution in [0.3, 0.4) is 0 Å². The molecule has 0 aromatic carbocycles. The molecule has 0 amide bonds. The number of nitrogens with one attached hydrogen (secondary N) is 1. The first-order chi connectivity index (χ1) is 11.6. The van der Waals surface area contributed by atoms with Crippen LogP contribution in [-0.4, -0.2) is 53.1 Å². The van der Waals surface area contributed by atoms with Gasteiger partial charge in [-0.2, -0.15) is 4.98 Å². The predicted molar refractivity (Wildman–Crippen MR) is 92.5 cm³/mol. The number of nitrogens with zero attached hydrogens (tertiary/aromatic N) is 5. The van der Waals surface area contributed by atoms with Crippen molar-refractivity contribution in [3.63, 3.8) is 0 Å². The van der Waals surface area contributed by atoms with Gasteiger partial charge in [-0.25, -0.2) is 9.37 Å². The highest BCUT2D eigenvalue weighted by Crippen LogP contribution is 2.17. The zero-order valence-corrected chi connectivity index (χ0v) is 14.1. The number of halogens is 1. The molecule has 1 fully saturated rings. The minimum atomic E-state index is -0.284. The van der Waals surface area contributed by atoms with E-state index in [0.29, 0.717) is 12.5 Å². The smallest absolute Gasteiger partial charge is 0.224 e. The molecule has 7 heteroatoms. The molecule has 0 radical (unpaired) electrons. The lowest BCUT2D eigenvalue weighted by Crippen LogP contribution is -2.42. The van der Waals surface area contributed by atoms with Gasteiger partial charge in [-0.1, -0.05) is 0 Å². The Hall–Kier alpha value is -2.28. The summed E-state index contributed by atoms with van der Waals surface area (Å²) < 4.78 is 13.3. The van der Waals surface area contributed by atoms with Gasteiger partial charge in [-0.05, 0) is 37.1 Å². The summed E-state index contributed by atoms with van der Waals surface area (Å²) in [6, 6.07) is 3.72. The Kier molecular flexibility index (Phi) is 5.20. The molecule has 2 aromatic rings. The first-order valence-electron chi connectivity index (χ1n) is 8.19. The number of anilines is 2. The first-order valence-corrected chi connectivity index (χ1v) is 8.19. The van der Waals surface area contributed by atoms with E-state index in [9.17, 15) is 4.39 Å². The quantitative estimate of drug-likeness (QED) is 0.907. The Morgan fingerprint density at radius 2 is 2.25 bits per heavy atom. The van der Waals surface area contributed by atoms with Gasteiger partial charge in [0.25, 0.3) is 0 Å². The van der Waals surface area contributed by atoms with E-state index < -0.39 is 0 Å². The molecule has 128 valence electrons. The average molecular weight is 330 g/mol. The average Bonchev–Trinajstić information content (AvgIpc) is 2.55. The van der Waals surface area contributed by atoms with Gasteiger partial charge in [0.05, 0.1) is 6.20 Å². The molecular weight excluding hydrogens is 307 g/mol. The van der Waals surface area contributed by atoms with E-state index in [-0.39, 0.29) is 11.9 Å². The van der Waals surface area contributed by atoms with Crippen LogP contribution in [-0.2, 0) is 6.54 Å². The second-order valence-corrected chi connectivity index (χ2v) is 6.36. The van der Waals surface area contributed by atoms with Gasteiger partial charge in [-0.3, -0.25) is 9.88 Å². The third-order valence-electron chi connectivity index (χ3n) is 4.11. The Morgan fingerprint density at radius 3 is 3.04 bits per heavy atom. The molecule has 3 rings (SSSR count). The van der Waals surface area contributed by atoms with Crippen molar-refractivity contribution >= 4 is 11.8 Å². The molecule has 2 aromatic heterocycles. The first kappa shape index (κ1) is 16.6. The fraction of sp³-hybridized carbons (Fsp3) is 0.471. The third-order valence-corrected chi connectivity index (χ3v) is 4.11. The second kappa shape index (κ2) is 7.53. The summed E-state index contributed by atoms with van der Waals surface area (Å²) in [6.45, 7) is 2.60. The van der Waals surface area contributed by atoms with Crippen molar-refractivity contribution in [2.75, 3.05) is 37.4 Å². The SMILES string of the molecule is CN(C)c1ccnc(NC2CCCN(Cc3cncc(F)c3)C2)n1. The van der Waals surface area contributed by atoms with Gasteiger partial charge in [0.2, 0.25) is 5.95 Å². The minimum Gasteiger partial charge on any atom is -0.363 e. The maximum absolute atomic E-state index is 13.3.